The van der Waals surface area contributed by atoms with Gasteiger partial charge in [-0.2, -0.15) is 0 Å². The van der Waals surface area contributed by atoms with Crippen molar-refractivity contribution in [1.29, 1.82) is 0 Å². The lowest BCUT2D eigenvalue weighted by Gasteiger charge is -2.19. The van der Waals surface area contributed by atoms with Gasteiger partial charge in [0.15, 0.2) is 0 Å². The number of unbranched alkanes of at least 4 members (excludes halogenated alkanes) is 1. The van der Waals surface area contributed by atoms with Crippen LogP contribution in [0.3, 0.4) is 0 Å². The van der Waals surface area contributed by atoms with Crippen LogP contribution in [-0.4, -0.2) is 56.3 Å². The first-order valence-electron chi connectivity index (χ1n) is 5.43. The number of ether oxygens (including phenoxy) is 2. The fourth-order valence-corrected chi connectivity index (χ4v) is 0.943. The summed E-state index contributed by atoms with van der Waals surface area (Å²) in [6.45, 7) is -1.15. The van der Waals surface area contributed by atoms with Gasteiger partial charge in [0.25, 0.3) is 0 Å². The molecule has 0 radical (unpaired) electrons. The number of aliphatic hydroxyl groups excluding tert-OH is 1. The van der Waals surface area contributed by atoms with E-state index in [1.165, 1.54) is 7.11 Å². The average Bonchev–Trinajstić information content (AvgIpc) is 2.37. The van der Waals surface area contributed by atoms with Crippen molar-refractivity contribution in [3.8, 4) is 0 Å². The van der Waals surface area contributed by atoms with Crippen LogP contribution in [0.25, 0.3) is 0 Å². The molecule has 3 amide bonds. The van der Waals surface area contributed by atoms with Gasteiger partial charge in [0.2, 0.25) is 0 Å². The van der Waals surface area contributed by atoms with Gasteiger partial charge in [0, 0.05) is 13.7 Å². The number of methoxy groups -OCH3 is 1. The zero-order valence-electron chi connectivity index (χ0n) is 10.8. The smallest absolute Gasteiger partial charge is 0.391 e. The SMILES string of the molecule is COC(O)OC(=O)N(OC)OCCCCNC(N)=O. The first kappa shape index (κ1) is 17.4. The number of hydrogen-bond donors (Lipinski definition) is 3. The summed E-state index contributed by atoms with van der Waals surface area (Å²) in [5.41, 5.74) is 4.87. The van der Waals surface area contributed by atoms with Crippen LogP contribution in [0.2, 0.25) is 0 Å². The third-order valence-electron chi connectivity index (χ3n) is 1.80. The Balaban J connectivity index is 3.75. The Kier molecular flexibility index (Phi) is 9.44. The Labute approximate surface area is 110 Å². The highest BCUT2D eigenvalue weighted by molar-refractivity contribution is 5.71. The fraction of sp³-hybridized carbons (Fsp3) is 0.778. The van der Waals surface area contributed by atoms with Crippen LogP contribution in [0.1, 0.15) is 12.8 Å². The Hall–Kier alpha value is -1.62. The van der Waals surface area contributed by atoms with E-state index in [2.05, 4.69) is 19.6 Å². The van der Waals surface area contributed by atoms with Gasteiger partial charge in [-0.25, -0.2) is 19.3 Å². The Morgan fingerprint density at radius 3 is 2.58 bits per heavy atom. The molecule has 0 bridgehead atoms. The van der Waals surface area contributed by atoms with Crippen LogP contribution in [0.4, 0.5) is 9.59 Å². The third-order valence-corrected chi connectivity index (χ3v) is 1.80. The van der Waals surface area contributed by atoms with E-state index in [1.807, 2.05) is 0 Å². The molecule has 0 saturated heterocycles. The molecule has 0 saturated carbocycles. The maximum atomic E-state index is 11.3. The summed E-state index contributed by atoms with van der Waals surface area (Å²) < 4.78 is 8.68. The number of nitrogens with two attached hydrogens (primary N) is 1. The number of nitrogens with one attached hydrogen (secondary N) is 1. The van der Waals surface area contributed by atoms with E-state index < -0.39 is 18.6 Å². The van der Waals surface area contributed by atoms with Gasteiger partial charge >= 0.3 is 18.6 Å². The first-order valence-corrected chi connectivity index (χ1v) is 5.43. The molecular formula is C9H19N3O7. The molecule has 0 aromatic heterocycles. The molecule has 10 nitrogen and oxygen atoms in total. The molecule has 0 aliphatic rings. The second-order valence-electron chi connectivity index (χ2n) is 3.20. The summed E-state index contributed by atoms with van der Waals surface area (Å²) in [6.07, 6.45) is 0.0864. The lowest BCUT2D eigenvalue weighted by Crippen LogP contribution is -2.34. The minimum absolute atomic E-state index is 0.145. The minimum atomic E-state index is -1.70. The van der Waals surface area contributed by atoms with E-state index in [1.54, 1.807) is 0 Å². The first-order chi connectivity index (χ1) is 9.01. The van der Waals surface area contributed by atoms with Crippen LogP contribution in [0.15, 0.2) is 0 Å². The van der Waals surface area contributed by atoms with Gasteiger partial charge < -0.3 is 25.6 Å². The molecule has 4 N–H and O–H groups in total. The van der Waals surface area contributed by atoms with Crippen molar-refractivity contribution >= 4 is 12.1 Å². The van der Waals surface area contributed by atoms with E-state index in [4.69, 9.17) is 15.7 Å². The predicted molar refractivity (Wildman–Crippen MR) is 61.1 cm³/mol. The van der Waals surface area contributed by atoms with E-state index in [0.717, 1.165) is 7.11 Å². The lowest BCUT2D eigenvalue weighted by molar-refractivity contribution is -0.338. The molecule has 1 unspecified atom stereocenters. The number of carbonyl (C=O) groups is 2. The molecule has 10 heteroatoms. The average molecular weight is 281 g/mol. The van der Waals surface area contributed by atoms with Crippen LogP contribution in [0, 0.1) is 0 Å². The van der Waals surface area contributed by atoms with Crippen molar-refractivity contribution in [3.05, 3.63) is 0 Å². The van der Waals surface area contributed by atoms with Gasteiger partial charge in [0.1, 0.15) is 0 Å². The number of nitrogens with zero attached hydrogens (tertiary/aromatic N) is 1. The lowest BCUT2D eigenvalue weighted by atomic mass is 10.3. The molecular weight excluding hydrogens is 262 g/mol. The number of urea groups is 1. The Bertz CT molecular complexity index is 277. The van der Waals surface area contributed by atoms with Crippen molar-refractivity contribution in [2.24, 2.45) is 5.73 Å². The Morgan fingerprint density at radius 1 is 1.37 bits per heavy atom. The minimum Gasteiger partial charge on any atom is -0.391 e. The second-order valence-corrected chi connectivity index (χ2v) is 3.20. The predicted octanol–water partition coefficient (Wildman–Crippen LogP) is -0.711. The highest BCUT2D eigenvalue weighted by atomic mass is 17.0. The highest BCUT2D eigenvalue weighted by Gasteiger charge is 2.19. The molecule has 19 heavy (non-hydrogen) atoms. The van der Waals surface area contributed by atoms with Crippen LogP contribution in [-0.2, 0) is 19.1 Å². The molecule has 0 rings (SSSR count). The number of amides is 3. The molecule has 0 fully saturated rings. The summed E-state index contributed by atoms with van der Waals surface area (Å²) in [5.74, 6) is 0. The van der Waals surface area contributed by atoms with E-state index in [9.17, 15) is 9.59 Å². The molecule has 0 aromatic rings. The number of primary amides is 1. The monoisotopic (exact) mass is 281 g/mol. The van der Waals surface area contributed by atoms with Gasteiger partial charge in [-0.1, -0.05) is 0 Å². The van der Waals surface area contributed by atoms with Crippen molar-refractivity contribution in [2.45, 2.75) is 19.3 Å². The molecule has 0 aliphatic heterocycles. The van der Waals surface area contributed by atoms with Gasteiger partial charge in [-0.15, -0.1) is 0 Å². The second kappa shape index (κ2) is 10.3. The van der Waals surface area contributed by atoms with E-state index >= 15 is 0 Å². The fourth-order valence-electron chi connectivity index (χ4n) is 0.943. The largest absolute Gasteiger partial charge is 0.463 e. The number of hydrogen-bond acceptors (Lipinski definition) is 7. The van der Waals surface area contributed by atoms with Crippen molar-refractivity contribution < 1.29 is 33.8 Å². The summed E-state index contributed by atoms with van der Waals surface area (Å²) in [7, 11) is 2.34. The molecule has 0 aromatic carbocycles. The van der Waals surface area contributed by atoms with Crippen molar-refractivity contribution in [2.75, 3.05) is 27.4 Å². The highest BCUT2D eigenvalue weighted by Crippen LogP contribution is 2.01. The summed E-state index contributed by atoms with van der Waals surface area (Å²) in [4.78, 5) is 31.2. The standard InChI is InChI=1S/C9H19N3O7/c1-16-9(15)19-8(14)12(17-2)18-6-4-3-5-11-7(10)13/h9,15H,3-6H2,1-2H3,(H3,10,11,13). The topological polar surface area (TPSA) is 133 Å². The summed E-state index contributed by atoms with van der Waals surface area (Å²) in [6, 6.07) is -0.600. The number of hydroxylamine groups is 2. The summed E-state index contributed by atoms with van der Waals surface area (Å²) in [5, 5.41) is 11.8. The molecule has 0 aliphatic carbocycles. The number of aliphatic hydroxyl groups is 1. The normalized spacial score (nSPS) is 11.7. The van der Waals surface area contributed by atoms with Gasteiger partial charge in [-0.3, -0.25) is 0 Å². The third kappa shape index (κ3) is 9.02. The quantitative estimate of drug-likeness (QED) is 0.289. The molecule has 0 spiro atoms. The maximum Gasteiger partial charge on any atom is 0.463 e. The number of carbonyl (C=O) groups excluding carboxylic acids is 2. The van der Waals surface area contributed by atoms with Gasteiger partial charge in [0.05, 0.1) is 13.7 Å². The van der Waals surface area contributed by atoms with Crippen molar-refractivity contribution in [3.63, 3.8) is 0 Å². The Morgan fingerprint density at radius 2 is 2.05 bits per heavy atom. The molecule has 0 heterocycles. The zero-order valence-corrected chi connectivity index (χ0v) is 10.8. The molecule has 112 valence electrons. The van der Waals surface area contributed by atoms with Crippen molar-refractivity contribution in [1.82, 2.24) is 10.5 Å². The van der Waals surface area contributed by atoms with Gasteiger partial charge in [-0.05, 0) is 18.1 Å². The van der Waals surface area contributed by atoms with Crippen LogP contribution >= 0.6 is 0 Å². The zero-order chi connectivity index (χ0) is 14.7. The van der Waals surface area contributed by atoms with E-state index in [-0.39, 0.29) is 6.61 Å². The van der Waals surface area contributed by atoms with Crippen LogP contribution < -0.4 is 11.1 Å². The number of rotatable bonds is 9. The van der Waals surface area contributed by atoms with Crippen LogP contribution in [0.5, 0.6) is 0 Å². The summed E-state index contributed by atoms with van der Waals surface area (Å²) >= 11 is 0. The van der Waals surface area contributed by atoms with E-state index in [0.29, 0.717) is 24.6 Å². The maximum absolute atomic E-state index is 11.3. The molecule has 1 atom stereocenters.